The lowest BCUT2D eigenvalue weighted by Gasteiger charge is -2.01. The van der Waals surface area contributed by atoms with Gasteiger partial charge in [0.1, 0.15) is 0 Å². The SMILES string of the molecule is CCCCCC(=O)OC(=O)NC(N)=O. The van der Waals surface area contributed by atoms with Crippen LogP contribution in [0.4, 0.5) is 9.59 Å². The molecule has 0 unspecified atom stereocenters. The summed E-state index contributed by atoms with van der Waals surface area (Å²) in [5.41, 5.74) is 4.63. The monoisotopic (exact) mass is 202 g/mol. The van der Waals surface area contributed by atoms with Crippen LogP contribution >= 0.6 is 0 Å². The molecule has 0 aliphatic heterocycles. The van der Waals surface area contributed by atoms with Crippen LogP contribution in [0.25, 0.3) is 0 Å². The van der Waals surface area contributed by atoms with Gasteiger partial charge in [0, 0.05) is 6.42 Å². The average molecular weight is 202 g/mol. The van der Waals surface area contributed by atoms with Crippen LogP contribution in [0.5, 0.6) is 0 Å². The first-order chi connectivity index (χ1) is 6.56. The van der Waals surface area contributed by atoms with Gasteiger partial charge in [0.05, 0.1) is 0 Å². The molecular formula is C8H14N2O4. The molecule has 0 aliphatic carbocycles. The molecule has 14 heavy (non-hydrogen) atoms. The Labute approximate surface area is 81.8 Å². The molecule has 0 bridgehead atoms. The molecule has 0 saturated heterocycles. The lowest BCUT2D eigenvalue weighted by atomic mass is 10.2. The molecule has 3 amide bonds. The highest BCUT2D eigenvalue weighted by Crippen LogP contribution is 2.00. The van der Waals surface area contributed by atoms with Crippen LogP contribution in [0.2, 0.25) is 0 Å². The minimum atomic E-state index is -1.13. The summed E-state index contributed by atoms with van der Waals surface area (Å²) in [5.74, 6) is -0.655. The summed E-state index contributed by atoms with van der Waals surface area (Å²) >= 11 is 0. The minimum Gasteiger partial charge on any atom is -0.376 e. The highest BCUT2D eigenvalue weighted by Gasteiger charge is 2.10. The van der Waals surface area contributed by atoms with E-state index in [1.807, 2.05) is 6.92 Å². The first-order valence-electron chi connectivity index (χ1n) is 4.37. The molecule has 0 aliphatic rings. The smallest absolute Gasteiger partial charge is 0.376 e. The number of alkyl carbamates (subject to hydrolysis) is 1. The van der Waals surface area contributed by atoms with Crippen LogP contribution in [0, 0.1) is 0 Å². The highest BCUT2D eigenvalue weighted by molar-refractivity contribution is 5.94. The number of urea groups is 1. The molecule has 0 atom stereocenters. The van der Waals surface area contributed by atoms with Crippen molar-refractivity contribution in [3.05, 3.63) is 0 Å². The van der Waals surface area contributed by atoms with Crippen LogP contribution in [0.1, 0.15) is 32.6 Å². The largest absolute Gasteiger partial charge is 0.423 e. The van der Waals surface area contributed by atoms with E-state index in [1.165, 1.54) is 0 Å². The Balaban J connectivity index is 3.61. The molecule has 0 rings (SSSR count). The molecule has 0 fully saturated rings. The number of rotatable bonds is 4. The Morgan fingerprint density at radius 1 is 1.29 bits per heavy atom. The summed E-state index contributed by atoms with van der Waals surface area (Å²) < 4.78 is 4.22. The van der Waals surface area contributed by atoms with Gasteiger partial charge in [-0.15, -0.1) is 0 Å². The number of nitrogens with two attached hydrogens (primary N) is 1. The van der Waals surface area contributed by atoms with Crippen molar-refractivity contribution in [2.45, 2.75) is 32.6 Å². The minimum absolute atomic E-state index is 0.167. The highest BCUT2D eigenvalue weighted by atomic mass is 16.6. The Bertz CT molecular complexity index is 227. The molecule has 80 valence electrons. The van der Waals surface area contributed by atoms with E-state index in [1.54, 1.807) is 5.32 Å². The van der Waals surface area contributed by atoms with Crippen molar-refractivity contribution in [1.82, 2.24) is 5.32 Å². The van der Waals surface area contributed by atoms with E-state index in [2.05, 4.69) is 10.5 Å². The van der Waals surface area contributed by atoms with E-state index < -0.39 is 18.1 Å². The molecule has 0 saturated carbocycles. The number of carbonyl (C=O) groups is 3. The normalized spacial score (nSPS) is 9.21. The van der Waals surface area contributed by atoms with Gasteiger partial charge in [0.15, 0.2) is 0 Å². The zero-order chi connectivity index (χ0) is 11.0. The zero-order valence-electron chi connectivity index (χ0n) is 8.04. The van der Waals surface area contributed by atoms with Crippen molar-refractivity contribution >= 4 is 18.1 Å². The quantitative estimate of drug-likeness (QED) is 0.402. The first kappa shape index (κ1) is 12.4. The van der Waals surface area contributed by atoms with Crippen LogP contribution in [0.15, 0.2) is 0 Å². The fraction of sp³-hybridized carbons (Fsp3) is 0.625. The van der Waals surface area contributed by atoms with Gasteiger partial charge >= 0.3 is 18.1 Å². The fourth-order valence-corrected chi connectivity index (χ4v) is 0.800. The van der Waals surface area contributed by atoms with Crippen molar-refractivity contribution in [3.8, 4) is 0 Å². The number of primary amides is 1. The standard InChI is InChI=1S/C8H14N2O4/c1-2-3-4-5-6(11)14-8(13)10-7(9)12/h2-5H2,1H3,(H3,9,10,12,13). The molecule has 3 N–H and O–H groups in total. The molecule has 0 aromatic carbocycles. The molecular weight excluding hydrogens is 188 g/mol. The van der Waals surface area contributed by atoms with Gasteiger partial charge in [-0.25, -0.2) is 14.9 Å². The summed E-state index contributed by atoms with van der Waals surface area (Å²) in [5, 5.41) is 1.62. The molecule has 0 aromatic rings. The number of ether oxygens (including phenoxy) is 1. The second kappa shape index (κ2) is 6.88. The van der Waals surface area contributed by atoms with Crippen LogP contribution in [0.3, 0.4) is 0 Å². The van der Waals surface area contributed by atoms with E-state index in [4.69, 9.17) is 0 Å². The van der Waals surface area contributed by atoms with Gasteiger partial charge in [0.25, 0.3) is 0 Å². The summed E-state index contributed by atoms with van der Waals surface area (Å²) in [6.07, 6.45) is 1.57. The molecule has 6 heteroatoms. The van der Waals surface area contributed by atoms with E-state index in [0.29, 0.717) is 6.42 Å². The summed E-state index contributed by atoms with van der Waals surface area (Å²) in [6.45, 7) is 1.99. The number of hydrogen-bond donors (Lipinski definition) is 2. The lowest BCUT2D eigenvalue weighted by Crippen LogP contribution is -2.36. The second-order valence-corrected chi connectivity index (χ2v) is 2.71. The van der Waals surface area contributed by atoms with Crippen LogP contribution in [-0.4, -0.2) is 18.1 Å². The third-order valence-electron chi connectivity index (χ3n) is 1.42. The Morgan fingerprint density at radius 2 is 1.93 bits per heavy atom. The first-order valence-corrected chi connectivity index (χ1v) is 4.37. The van der Waals surface area contributed by atoms with Gasteiger partial charge in [-0.3, -0.25) is 4.79 Å². The molecule has 0 spiro atoms. The second-order valence-electron chi connectivity index (χ2n) is 2.71. The zero-order valence-corrected chi connectivity index (χ0v) is 8.04. The Morgan fingerprint density at radius 3 is 2.43 bits per heavy atom. The molecule has 0 heterocycles. The fourth-order valence-electron chi connectivity index (χ4n) is 0.800. The summed E-state index contributed by atoms with van der Waals surface area (Å²) in [7, 11) is 0. The van der Waals surface area contributed by atoms with Gasteiger partial charge in [-0.2, -0.15) is 0 Å². The summed E-state index contributed by atoms with van der Waals surface area (Å²) in [4.78, 5) is 31.7. The topological polar surface area (TPSA) is 98.5 Å². The molecule has 0 radical (unpaired) electrons. The summed E-state index contributed by atoms with van der Waals surface area (Å²) in [6, 6.07) is -1.05. The maximum atomic E-state index is 10.9. The van der Waals surface area contributed by atoms with E-state index in [0.717, 1.165) is 12.8 Å². The van der Waals surface area contributed by atoms with Crippen molar-refractivity contribution in [2.24, 2.45) is 5.73 Å². The van der Waals surface area contributed by atoms with E-state index in [-0.39, 0.29) is 6.42 Å². The number of unbranched alkanes of at least 4 members (excludes halogenated alkanes) is 2. The number of amides is 3. The predicted molar refractivity (Wildman–Crippen MR) is 48.3 cm³/mol. The number of esters is 1. The average Bonchev–Trinajstić information content (AvgIpc) is 2.02. The van der Waals surface area contributed by atoms with Crippen LogP contribution in [-0.2, 0) is 9.53 Å². The maximum absolute atomic E-state index is 10.9. The number of hydrogen-bond acceptors (Lipinski definition) is 4. The number of carbonyl (C=O) groups excluding carboxylic acids is 3. The third-order valence-corrected chi connectivity index (χ3v) is 1.42. The van der Waals surface area contributed by atoms with Gasteiger partial charge in [0.2, 0.25) is 0 Å². The number of imide groups is 1. The maximum Gasteiger partial charge on any atom is 0.423 e. The third kappa shape index (κ3) is 7.08. The van der Waals surface area contributed by atoms with E-state index in [9.17, 15) is 14.4 Å². The van der Waals surface area contributed by atoms with Crippen molar-refractivity contribution in [1.29, 1.82) is 0 Å². The Kier molecular flexibility index (Phi) is 6.09. The van der Waals surface area contributed by atoms with Crippen LogP contribution < -0.4 is 11.1 Å². The molecule has 0 aromatic heterocycles. The predicted octanol–water partition coefficient (Wildman–Crippen LogP) is 0.898. The van der Waals surface area contributed by atoms with Gasteiger partial charge in [-0.1, -0.05) is 19.8 Å². The van der Waals surface area contributed by atoms with Crippen molar-refractivity contribution < 1.29 is 19.1 Å². The Hall–Kier alpha value is -1.59. The van der Waals surface area contributed by atoms with Crippen molar-refractivity contribution in [3.63, 3.8) is 0 Å². The molecule has 6 nitrogen and oxygen atoms in total. The van der Waals surface area contributed by atoms with E-state index >= 15 is 0 Å². The van der Waals surface area contributed by atoms with Gasteiger partial charge < -0.3 is 10.5 Å². The van der Waals surface area contributed by atoms with Gasteiger partial charge in [-0.05, 0) is 6.42 Å². The van der Waals surface area contributed by atoms with Crippen molar-refractivity contribution in [2.75, 3.05) is 0 Å². The number of nitrogens with one attached hydrogen (secondary N) is 1. The lowest BCUT2D eigenvalue weighted by molar-refractivity contribution is -0.137.